The molecule has 0 bridgehead atoms. The molecule has 2 N–H and O–H groups in total. The van der Waals surface area contributed by atoms with Crippen LogP contribution in [0.5, 0.6) is 0 Å². The van der Waals surface area contributed by atoms with E-state index in [0.717, 1.165) is 13.0 Å². The second kappa shape index (κ2) is 6.98. The molecule has 1 aromatic heterocycles. The van der Waals surface area contributed by atoms with Gasteiger partial charge in [-0.1, -0.05) is 6.42 Å². The molecule has 1 aliphatic rings. The highest BCUT2D eigenvalue weighted by molar-refractivity contribution is 5.79. The van der Waals surface area contributed by atoms with Crippen molar-refractivity contribution in [2.24, 2.45) is 0 Å². The molecule has 0 radical (unpaired) electrons. The number of piperidine rings is 1. The van der Waals surface area contributed by atoms with Crippen LogP contribution in [0.4, 0.5) is 8.78 Å². The van der Waals surface area contributed by atoms with Gasteiger partial charge < -0.3 is 10.6 Å². The number of carbonyl (C=O) groups is 1. The van der Waals surface area contributed by atoms with Crippen LogP contribution in [-0.2, 0) is 11.2 Å². The van der Waals surface area contributed by atoms with E-state index in [0.29, 0.717) is 34.2 Å². The van der Waals surface area contributed by atoms with Crippen LogP contribution >= 0.6 is 0 Å². The van der Waals surface area contributed by atoms with Crippen molar-refractivity contribution in [3.05, 3.63) is 17.0 Å². The van der Waals surface area contributed by atoms with Gasteiger partial charge in [0.15, 0.2) is 0 Å². The van der Waals surface area contributed by atoms with Crippen molar-refractivity contribution in [1.82, 2.24) is 20.4 Å². The molecular weight excluding hydrogens is 278 g/mol. The molecule has 1 aliphatic heterocycles. The van der Waals surface area contributed by atoms with E-state index in [9.17, 15) is 13.6 Å². The summed E-state index contributed by atoms with van der Waals surface area (Å²) in [5, 5.41) is 10.0. The molecule has 2 heterocycles. The standard InChI is InChI=1S/C14H22F2N4O/c1-9-12(10(2)20(19-9)14(15)16)7-13(21)18-8-11-5-3-4-6-17-11/h11,14,17H,3-8H2,1-2H3,(H,18,21)/t11-/m1/s1. The summed E-state index contributed by atoms with van der Waals surface area (Å²) in [5.41, 5.74) is 1.43. The van der Waals surface area contributed by atoms with Gasteiger partial charge in [-0.25, -0.2) is 4.68 Å². The van der Waals surface area contributed by atoms with E-state index in [1.54, 1.807) is 13.8 Å². The fourth-order valence-corrected chi connectivity index (χ4v) is 2.70. The molecule has 21 heavy (non-hydrogen) atoms. The number of halogens is 2. The van der Waals surface area contributed by atoms with Crippen LogP contribution in [0.25, 0.3) is 0 Å². The molecule has 118 valence electrons. The second-order valence-corrected chi connectivity index (χ2v) is 5.50. The van der Waals surface area contributed by atoms with Gasteiger partial charge in [-0.05, 0) is 33.2 Å². The molecule has 2 rings (SSSR count). The maximum absolute atomic E-state index is 12.7. The number of hydrogen-bond acceptors (Lipinski definition) is 3. The largest absolute Gasteiger partial charge is 0.354 e. The van der Waals surface area contributed by atoms with Gasteiger partial charge >= 0.3 is 6.55 Å². The molecule has 5 nitrogen and oxygen atoms in total. The van der Waals surface area contributed by atoms with Gasteiger partial charge in [0.25, 0.3) is 0 Å². The fourth-order valence-electron chi connectivity index (χ4n) is 2.70. The summed E-state index contributed by atoms with van der Waals surface area (Å²) < 4.78 is 26.1. The highest BCUT2D eigenvalue weighted by atomic mass is 19.3. The van der Waals surface area contributed by atoms with Gasteiger partial charge in [-0.15, -0.1) is 0 Å². The zero-order valence-corrected chi connectivity index (χ0v) is 12.5. The van der Waals surface area contributed by atoms with E-state index in [1.165, 1.54) is 12.8 Å². The zero-order chi connectivity index (χ0) is 15.4. The Hall–Kier alpha value is -1.50. The minimum atomic E-state index is -2.67. The predicted octanol–water partition coefficient (Wildman–Crippen LogP) is 1.70. The number of carbonyl (C=O) groups excluding carboxylic acids is 1. The third-order valence-electron chi connectivity index (χ3n) is 3.96. The number of nitrogens with zero attached hydrogens (tertiary/aromatic N) is 2. The average Bonchev–Trinajstić information content (AvgIpc) is 2.74. The van der Waals surface area contributed by atoms with Crippen molar-refractivity contribution in [3.63, 3.8) is 0 Å². The summed E-state index contributed by atoms with van der Waals surface area (Å²) in [4.78, 5) is 12.0. The Labute approximate surface area is 123 Å². The first-order valence-corrected chi connectivity index (χ1v) is 7.32. The van der Waals surface area contributed by atoms with E-state index in [-0.39, 0.29) is 12.3 Å². The number of aromatic nitrogens is 2. The lowest BCUT2D eigenvalue weighted by Gasteiger charge is -2.23. The van der Waals surface area contributed by atoms with E-state index in [1.807, 2.05) is 0 Å². The molecule has 1 aromatic rings. The molecule has 0 saturated carbocycles. The number of amides is 1. The van der Waals surface area contributed by atoms with Gasteiger partial charge in [0, 0.05) is 23.8 Å². The highest BCUT2D eigenvalue weighted by Crippen LogP contribution is 2.19. The first-order chi connectivity index (χ1) is 9.99. The monoisotopic (exact) mass is 300 g/mol. The molecule has 1 saturated heterocycles. The Morgan fingerprint density at radius 3 is 2.81 bits per heavy atom. The molecular formula is C14H22F2N4O. The lowest BCUT2D eigenvalue weighted by Crippen LogP contribution is -2.43. The SMILES string of the molecule is Cc1nn(C(F)F)c(C)c1CC(=O)NC[C@H]1CCCCN1. The Morgan fingerprint density at radius 2 is 2.24 bits per heavy atom. The van der Waals surface area contributed by atoms with Gasteiger partial charge in [0.05, 0.1) is 12.1 Å². The fraction of sp³-hybridized carbons (Fsp3) is 0.714. The topological polar surface area (TPSA) is 59.0 Å². The number of aryl methyl sites for hydroxylation is 1. The van der Waals surface area contributed by atoms with Gasteiger partial charge in [0.1, 0.15) is 0 Å². The van der Waals surface area contributed by atoms with Crippen molar-refractivity contribution < 1.29 is 13.6 Å². The van der Waals surface area contributed by atoms with Gasteiger partial charge in [-0.2, -0.15) is 13.9 Å². The van der Waals surface area contributed by atoms with E-state index < -0.39 is 6.55 Å². The Bertz CT molecular complexity index is 495. The van der Waals surface area contributed by atoms with Crippen LogP contribution in [0, 0.1) is 13.8 Å². The van der Waals surface area contributed by atoms with E-state index in [2.05, 4.69) is 15.7 Å². The molecule has 1 fully saturated rings. The third-order valence-corrected chi connectivity index (χ3v) is 3.96. The van der Waals surface area contributed by atoms with Crippen LogP contribution in [-0.4, -0.2) is 34.8 Å². The predicted molar refractivity (Wildman–Crippen MR) is 75.3 cm³/mol. The van der Waals surface area contributed by atoms with Crippen LogP contribution in [0.2, 0.25) is 0 Å². The van der Waals surface area contributed by atoms with Crippen molar-refractivity contribution in [2.75, 3.05) is 13.1 Å². The highest BCUT2D eigenvalue weighted by Gasteiger charge is 2.20. The molecule has 1 amide bonds. The number of nitrogens with one attached hydrogen (secondary N) is 2. The van der Waals surface area contributed by atoms with Crippen LogP contribution in [0.15, 0.2) is 0 Å². The first kappa shape index (κ1) is 15.9. The van der Waals surface area contributed by atoms with Gasteiger partial charge in [0.2, 0.25) is 5.91 Å². The van der Waals surface area contributed by atoms with Crippen molar-refractivity contribution in [3.8, 4) is 0 Å². The molecule has 0 aromatic carbocycles. The Kier molecular flexibility index (Phi) is 5.27. The average molecular weight is 300 g/mol. The maximum Gasteiger partial charge on any atom is 0.333 e. The summed E-state index contributed by atoms with van der Waals surface area (Å²) >= 11 is 0. The molecule has 0 aliphatic carbocycles. The molecule has 0 spiro atoms. The normalized spacial score (nSPS) is 19.0. The quantitative estimate of drug-likeness (QED) is 0.870. The van der Waals surface area contributed by atoms with Crippen molar-refractivity contribution >= 4 is 5.91 Å². The van der Waals surface area contributed by atoms with Gasteiger partial charge in [-0.3, -0.25) is 4.79 Å². The van der Waals surface area contributed by atoms with Crippen LogP contribution < -0.4 is 10.6 Å². The Balaban J connectivity index is 1.90. The first-order valence-electron chi connectivity index (χ1n) is 7.32. The lowest BCUT2D eigenvalue weighted by atomic mass is 10.0. The second-order valence-electron chi connectivity index (χ2n) is 5.50. The number of rotatable bonds is 5. The third kappa shape index (κ3) is 4.00. The van der Waals surface area contributed by atoms with Crippen LogP contribution in [0.3, 0.4) is 0 Å². The maximum atomic E-state index is 12.7. The summed E-state index contributed by atoms with van der Waals surface area (Å²) in [6.45, 7) is 2.11. The molecule has 1 atom stereocenters. The number of hydrogen-bond donors (Lipinski definition) is 2. The van der Waals surface area contributed by atoms with Crippen LogP contribution in [0.1, 0.15) is 42.8 Å². The molecule has 7 heteroatoms. The minimum Gasteiger partial charge on any atom is -0.354 e. The number of alkyl halides is 2. The Morgan fingerprint density at radius 1 is 1.48 bits per heavy atom. The zero-order valence-electron chi connectivity index (χ0n) is 12.5. The summed E-state index contributed by atoms with van der Waals surface area (Å²) in [5.74, 6) is -0.151. The van der Waals surface area contributed by atoms with E-state index >= 15 is 0 Å². The molecule has 0 unspecified atom stereocenters. The summed E-state index contributed by atoms with van der Waals surface area (Å²) in [6, 6.07) is 0.314. The van der Waals surface area contributed by atoms with Crippen molar-refractivity contribution in [2.45, 2.75) is 52.1 Å². The lowest BCUT2D eigenvalue weighted by molar-refractivity contribution is -0.120. The summed E-state index contributed by atoms with van der Waals surface area (Å²) in [6.07, 6.45) is 3.50. The van der Waals surface area contributed by atoms with Crippen molar-refractivity contribution in [1.29, 1.82) is 0 Å². The summed E-state index contributed by atoms with van der Waals surface area (Å²) in [7, 11) is 0. The minimum absolute atomic E-state index is 0.0944. The van der Waals surface area contributed by atoms with E-state index in [4.69, 9.17) is 0 Å². The smallest absolute Gasteiger partial charge is 0.333 e.